The van der Waals surface area contributed by atoms with Crippen LogP contribution in [0.4, 0.5) is 0 Å². The summed E-state index contributed by atoms with van der Waals surface area (Å²) >= 11 is 3.14. The summed E-state index contributed by atoms with van der Waals surface area (Å²) in [6, 6.07) is 8.05. The number of ketones is 1. The minimum atomic E-state index is -0.308. The maximum absolute atomic E-state index is 11.7. The summed E-state index contributed by atoms with van der Waals surface area (Å²) in [5.41, 5.74) is 2.27. The Morgan fingerprint density at radius 2 is 1.94 bits per heavy atom. The molecule has 0 saturated carbocycles. The van der Waals surface area contributed by atoms with Gasteiger partial charge in [-0.3, -0.25) is 4.79 Å². The number of carbonyl (C=O) groups excluding carboxylic acids is 1. The van der Waals surface area contributed by atoms with Gasteiger partial charge in [0.25, 0.3) is 0 Å². The SMILES string of the molecule is CSCC(O)CSCC(=O)Cc1ccc(C)cc1. The molecule has 0 spiro atoms. The summed E-state index contributed by atoms with van der Waals surface area (Å²) < 4.78 is 0. The molecule has 0 aliphatic carbocycles. The van der Waals surface area contributed by atoms with Crippen molar-refractivity contribution in [2.45, 2.75) is 19.4 Å². The van der Waals surface area contributed by atoms with Gasteiger partial charge in [-0.1, -0.05) is 29.8 Å². The summed E-state index contributed by atoms with van der Waals surface area (Å²) in [5.74, 6) is 2.08. The van der Waals surface area contributed by atoms with Crippen LogP contribution in [0.2, 0.25) is 0 Å². The molecule has 0 aliphatic rings. The van der Waals surface area contributed by atoms with E-state index in [2.05, 4.69) is 0 Å². The fourth-order valence-electron chi connectivity index (χ4n) is 1.53. The molecule has 0 radical (unpaired) electrons. The van der Waals surface area contributed by atoms with E-state index in [4.69, 9.17) is 0 Å². The molecular formula is C14H20O2S2. The lowest BCUT2D eigenvalue weighted by molar-refractivity contribution is -0.116. The quantitative estimate of drug-likeness (QED) is 0.796. The molecule has 18 heavy (non-hydrogen) atoms. The van der Waals surface area contributed by atoms with E-state index in [9.17, 15) is 9.90 Å². The van der Waals surface area contributed by atoms with Gasteiger partial charge in [-0.15, -0.1) is 0 Å². The maximum atomic E-state index is 11.7. The van der Waals surface area contributed by atoms with Crippen molar-refractivity contribution in [3.63, 3.8) is 0 Å². The van der Waals surface area contributed by atoms with Gasteiger partial charge >= 0.3 is 0 Å². The van der Waals surface area contributed by atoms with Crippen molar-refractivity contribution in [1.29, 1.82) is 0 Å². The minimum Gasteiger partial charge on any atom is -0.391 e. The molecule has 1 atom stereocenters. The predicted molar refractivity (Wildman–Crippen MR) is 81.6 cm³/mol. The normalized spacial score (nSPS) is 12.4. The molecule has 1 rings (SSSR count). The van der Waals surface area contributed by atoms with Gasteiger partial charge in [0.2, 0.25) is 0 Å². The van der Waals surface area contributed by atoms with Crippen molar-refractivity contribution in [2.24, 2.45) is 0 Å². The van der Waals surface area contributed by atoms with E-state index in [1.54, 1.807) is 11.8 Å². The van der Waals surface area contributed by atoms with Gasteiger partial charge in [-0.2, -0.15) is 23.5 Å². The van der Waals surface area contributed by atoms with Crippen LogP contribution in [0.25, 0.3) is 0 Å². The Morgan fingerprint density at radius 3 is 2.56 bits per heavy atom. The van der Waals surface area contributed by atoms with Gasteiger partial charge in [0, 0.05) is 17.9 Å². The van der Waals surface area contributed by atoms with Crippen LogP contribution in [0.15, 0.2) is 24.3 Å². The van der Waals surface area contributed by atoms with Crippen LogP contribution < -0.4 is 0 Å². The average molecular weight is 284 g/mol. The largest absolute Gasteiger partial charge is 0.391 e. The van der Waals surface area contributed by atoms with E-state index in [0.29, 0.717) is 17.9 Å². The number of benzene rings is 1. The number of hydrogen-bond donors (Lipinski definition) is 1. The Balaban J connectivity index is 2.23. The Labute approximate surface area is 118 Å². The molecule has 0 bridgehead atoms. The second-order valence-corrected chi connectivity index (χ2v) is 6.27. The minimum absolute atomic E-state index is 0.222. The van der Waals surface area contributed by atoms with Crippen molar-refractivity contribution in [3.8, 4) is 0 Å². The van der Waals surface area contributed by atoms with Gasteiger partial charge in [-0.05, 0) is 18.7 Å². The molecule has 4 heteroatoms. The Kier molecular flexibility index (Phi) is 7.47. The van der Waals surface area contributed by atoms with E-state index < -0.39 is 0 Å². The van der Waals surface area contributed by atoms with Gasteiger partial charge in [0.05, 0.1) is 11.9 Å². The van der Waals surface area contributed by atoms with E-state index in [-0.39, 0.29) is 11.9 Å². The lowest BCUT2D eigenvalue weighted by Gasteiger charge is -2.07. The third-order valence-corrected chi connectivity index (χ3v) is 4.32. The molecule has 2 nitrogen and oxygen atoms in total. The molecule has 1 aromatic rings. The third-order valence-electron chi connectivity index (χ3n) is 2.45. The molecule has 1 aromatic carbocycles. The average Bonchev–Trinajstić information content (AvgIpc) is 2.32. The van der Waals surface area contributed by atoms with Crippen LogP contribution >= 0.6 is 23.5 Å². The number of rotatable bonds is 8. The highest BCUT2D eigenvalue weighted by Gasteiger charge is 2.07. The first kappa shape index (κ1) is 15.6. The van der Waals surface area contributed by atoms with E-state index >= 15 is 0 Å². The van der Waals surface area contributed by atoms with Crippen LogP contribution in [0.5, 0.6) is 0 Å². The Bertz CT molecular complexity index is 363. The summed E-state index contributed by atoms with van der Waals surface area (Å²) in [6.07, 6.45) is 2.15. The first-order valence-electron chi connectivity index (χ1n) is 5.94. The van der Waals surface area contributed by atoms with E-state index in [1.165, 1.54) is 17.3 Å². The lowest BCUT2D eigenvalue weighted by atomic mass is 10.1. The van der Waals surface area contributed by atoms with Gasteiger partial charge in [0.15, 0.2) is 0 Å². The summed E-state index contributed by atoms with van der Waals surface area (Å²) in [6.45, 7) is 2.04. The number of thioether (sulfide) groups is 2. The van der Waals surface area contributed by atoms with Crippen LogP contribution in [-0.2, 0) is 11.2 Å². The summed E-state index contributed by atoms with van der Waals surface area (Å²) in [5, 5.41) is 9.53. The number of aliphatic hydroxyl groups is 1. The van der Waals surface area contributed by atoms with Crippen molar-refractivity contribution in [1.82, 2.24) is 0 Å². The molecule has 0 saturated heterocycles. The molecule has 0 aromatic heterocycles. The molecule has 0 amide bonds. The van der Waals surface area contributed by atoms with Crippen molar-refractivity contribution < 1.29 is 9.90 Å². The molecule has 100 valence electrons. The zero-order chi connectivity index (χ0) is 13.4. The Morgan fingerprint density at radius 1 is 1.28 bits per heavy atom. The molecule has 1 unspecified atom stereocenters. The van der Waals surface area contributed by atoms with Gasteiger partial charge < -0.3 is 5.11 Å². The van der Waals surface area contributed by atoms with E-state index in [1.807, 2.05) is 37.4 Å². The fraction of sp³-hybridized carbons (Fsp3) is 0.500. The second kappa shape index (κ2) is 8.62. The van der Waals surface area contributed by atoms with Crippen LogP contribution in [0.1, 0.15) is 11.1 Å². The van der Waals surface area contributed by atoms with Crippen LogP contribution in [0, 0.1) is 6.92 Å². The maximum Gasteiger partial charge on any atom is 0.147 e. The van der Waals surface area contributed by atoms with Gasteiger partial charge in [0.1, 0.15) is 5.78 Å². The van der Waals surface area contributed by atoms with Gasteiger partial charge in [-0.25, -0.2) is 0 Å². The lowest BCUT2D eigenvalue weighted by Crippen LogP contribution is -2.15. The predicted octanol–water partition coefficient (Wildman–Crippen LogP) is 2.56. The number of hydrogen-bond acceptors (Lipinski definition) is 4. The number of aryl methyl sites for hydroxylation is 1. The smallest absolute Gasteiger partial charge is 0.147 e. The first-order chi connectivity index (χ1) is 8.61. The zero-order valence-electron chi connectivity index (χ0n) is 10.9. The van der Waals surface area contributed by atoms with Crippen LogP contribution in [0.3, 0.4) is 0 Å². The molecule has 0 heterocycles. The third kappa shape index (κ3) is 6.47. The van der Waals surface area contributed by atoms with Crippen molar-refractivity contribution in [3.05, 3.63) is 35.4 Å². The van der Waals surface area contributed by atoms with Crippen molar-refractivity contribution in [2.75, 3.05) is 23.5 Å². The zero-order valence-corrected chi connectivity index (χ0v) is 12.5. The highest BCUT2D eigenvalue weighted by molar-refractivity contribution is 8.00. The first-order valence-corrected chi connectivity index (χ1v) is 8.48. The monoisotopic (exact) mass is 284 g/mol. The topological polar surface area (TPSA) is 37.3 Å². The second-order valence-electron chi connectivity index (χ2n) is 4.33. The summed E-state index contributed by atoms with van der Waals surface area (Å²) in [7, 11) is 0. The molecule has 0 fully saturated rings. The molecular weight excluding hydrogens is 264 g/mol. The molecule has 1 N–H and O–H groups in total. The number of Topliss-reactive ketones (excluding diaryl/α,β-unsaturated/α-hetero) is 1. The fourth-order valence-corrected chi connectivity index (χ4v) is 3.02. The molecule has 0 aliphatic heterocycles. The van der Waals surface area contributed by atoms with E-state index in [0.717, 1.165) is 11.3 Å². The van der Waals surface area contributed by atoms with Crippen molar-refractivity contribution >= 4 is 29.3 Å². The highest BCUT2D eigenvalue weighted by Crippen LogP contribution is 2.10. The van der Waals surface area contributed by atoms with Crippen LogP contribution in [-0.4, -0.2) is 40.5 Å². The number of aliphatic hydroxyl groups excluding tert-OH is 1. The Hall–Kier alpha value is -0.450. The summed E-state index contributed by atoms with van der Waals surface area (Å²) in [4.78, 5) is 11.7. The highest BCUT2D eigenvalue weighted by atomic mass is 32.2. The number of carbonyl (C=O) groups is 1. The standard InChI is InChI=1S/C14H20O2S2/c1-11-3-5-12(6-4-11)7-13(15)9-18-10-14(16)8-17-2/h3-6,14,16H,7-10H2,1-2H3.